The first-order chi connectivity index (χ1) is 25.9. The number of carbonyl (C=O) groups excluding carboxylic acids is 1. The summed E-state index contributed by atoms with van der Waals surface area (Å²) in [5, 5.41) is 65.4. The second-order valence-electron chi connectivity index (χ2n) is 18.2. The minimum atomic E-state index is -1.81. The van der Waals surface area contributed by atoms with Crippen molar-refractivity contribution in [1.29, 1.82) is 0 Å². The summed E-state index contributed by atoms with van der Waals surface area (Å²) in [5.74, 6) is -2.67. The van der Waals surface area contributed by atoms with E-state index in [0.29, 0.717) is 19.5 Å². The maximum atomic E-state index is 14.5. The van der Waals surface area contributed by atoms with Gasteiger partial charge in [-0.2, -0.15) is 0 Å². The van der Waals surface area contributed by atoms with Crippen molar-refractivity contribution in [2.45, 2.75) is 198 Å². The number of aliphatic hydroxyl groups excluding tert-OH is 2. The van der Waals surface area contributed by atoms with Crippen LogP contribution in [0.3, 0.4) is 0 Å². The van der Waals surface area contributed by atoms with Crippen molar-refractivity contribution in [2.75, 3.05) is 40.8 Å². The van der Waals surface area contributed by atoms with Crippen LogP contribution in [0.2, 0.25) is 0 Å². The van der Waals surface area contributed by atoms with Gasteiger partial charge in [-0.3, -0.25) is 4.79 Å². The predicted octanol–water partition coefficient (Wildman–Crippen LogP) is 1.93. The van der Waals surface area contributed by atoms with Crippen molar-refractivity contribution in [3.8, 4) is 0 Å². The molecule has 15 heteroatoms. The fourth-order valence-corrected chi connectivity index (χ4v) is 9.21. The van der Waals surface area contributed by atoms with E-state index in [-0.39, 0.29) is 43.9 Å². The summed E-state index contributed by atoms with van der Waals surface area (Å²) in [6, 6.07) is -0.875. The van der Waals surface area contributed by atoms with Gasteiger partial charge in [0.05, 0.1) is 42.0 Å². The van der Waals surface area contributed by atoms with Gasteiger partial charge in [-0.05, 0) is 107 Å². The molecule has 3 aliphatic heterocycles. The highest BCUT2D eigenvalue weighted by Crippen LogP contribution is 2.43. The van der Waals surface area contributed by atoms with Crippen LogP contribution in [0.1, 0.15) is 108 Å². The number of cyclic esters (lactones) is 1. The normalized spacial score (nSPS) is 45.2. The van der Waals surface area contributed by atoms with Gasteiger partial charge in [0.15, 0.2) is 12.6 Å². The second-order valence-corrected chi connectivity index (χ2v) is 18.2. The van der Waals surface area contributed by atoms with Gasteiger partial charge in [-0.1, -0.05) is 27.7 Å². The van der Waals surface area contributed by atoms with Crippen molar-refractivity contribution in [2.24, 2.45) is 17.8 Å². The largest absolute Gasteiger partial charge is 0.457 e. The molecule has 3 heterocycles. The highest BCUT2D eigenvalue weighted by atomic mass is 16.7. The number of aliphatic hydroxyl groups is 5. The number of ether oxygens (including phenoxy) is 6. The summed E-state index contributed by atoms with van der Waals surface area (Å²) in [7, 11) is 5.31. The lowest BCUT2D eigenvalue weighted by Gasteiger charge is -2.53. The first-order valence-electron chi connectivity index (χ1n) is 20.9. The molecular weight excluding hydrogens is 726 g/mol. The first kappa shape index (κ1) is 49.3. The standard InChI is InChI=1S/C41H79N3O12/c1-15-17-42-22-41(50)28(8)53-31(20-39(41,10)51-14)54-33-25(5)34(56-37-32(46)29(44(12)13)18-24(4)52-37)38(9,48)19-23(3)21-43-27(7)35(55-36(47)26(33)6)40(11,49)30(45)16-2/h23-35,37,42-43,45-46,48-50H,15-22H2,1-14H3/t23-,24-,25+,26-,27-,28+,29+,30+,31?,32-,33+,34-,35?,37+,38-,39-,40-,41+/m1/s1. The quantitative estimate of drug-likeness (QED) is 0.105. The van der Waals surface area contributed by atoms with Crippen LogP contribution in [0.4, 0.5) is 0 Å². The average Bonchev–Trinajstić information content (AvgIpc) is 3.12. The number of hydrogen-bond acceptors (Lipinski definition) is 15. The lowest BCUT2D eigenvalue weighted by atomic mass is 9.75. The van der Waals surface area contributed by atoms with E-state index in [4.69, 9.17) is 28.4 Å². The predicted molar refractivity (Wildman–Crippen MR) is 212 cm³/mol. The minimum Gasteiger partial charge on any atom is -0.457 e. The molecule has 18 atom stereocenters. The summed E-state index contributed by atoms with van der Waals surface area (Å²) in [6.07, 6.45) is -6.62. The van der Waals surface area contributed by atoms with Gasteiger partial charge in [0.1, 0.15) is 29.0 Å². The van der Waals surface area contributed by atoms with Crippen LogP contribution in [-0.4, -0.2) is 167 Å². The van der Waals surface area contributed by atoms with Gasteiger partial charge in [0, 0.05) is 38.1 Å². The monoisotopic (exact) mass is 806 g/mol. The third kappa shape index (κ3) is 11.0. The zero-order valence-corrected chi connectivity index (χ0v) is 36.8. The molecule has 3 saturated heterocycles. The lowest BCUT2D eigenvalue weighted by Crippen LogP contribution is -2.70. The van der Waals surface area contributed by atoms with Crippen molar-refractivity contribution >= 4 is 5.97 Å². The summed E-state index contributed by atoms with van der Waals surface area (Å²) < 4.78 is 38.4. The number of likely N-dealkylation sites (N-methyl/N-ethyl adjacent to an activating group) is 1. The van der Waals surface area contributed by atoms with Crippen molar-refractivity contribution in [1.82, 2.24) is 15.5 Å². The Bertz CT molecular complexity index is 1230. The second kappa shape index (κ2) is 20.0. The van der Waals surface area contributed by atoms with Gasteiger partial charge >= 0.3 is 5.97 Å². The van der Waals surface area contributed by atoms with Crippen molar-refractivity contribution in [3.05, 3.63) is 0 Å². The molecule has 0 aliphatic carbocycles. The maximum absolute atomic E-state index is 14.5. The van der Waals surface area contributed by atoms with Crippen LogP contribution in [-0.2, 0) is 33.2 Å². The minimum absolute atomic E-state index is 0.0928. The number of nitrogens with one attached hydrogen (secondary N) is 2. The molecule has 15 nitrogen and oxygen atoms in total. The number of methoxy groups -OCH3 is 1. The Kier molecular flexibility index (Phi) is 17.6. The maximum Gasteiger partial charge on any atom is 0.311 e. The topological polar surface area (TPSA) is 201 Å². The van der Waals surface area contributed by atoms with Crippen LogP contribution in [0, 0.1) is 17.8 Å². The Morgan fingerprint density at radius 3 is 2.27 bits per heavy atom. The molecule has 0 aromatic rings. The van der Waals surface area contributed by atoms with E-state index in [1.165, 1.54) is 14.0 Å². The molecule has 0 amide bonds. The smallest absolute Gasteiger partial charge is 0.311 e. The van der Waals surface area contributed by atoms with Crippen LogP contribution in [0.5, 0.6) is 0 Å². The molecule has 3 rings (SSSR count). The van der Waals surface area contributed by atoms with Crippen LogP contribution < -0.4 is 10.6 Å². The van der Waals surface area contributed by atoms with Gasteiger partial charge in [-0.25, -0.2) is 0 Å². The zero-order valence-electron chi connectivity index (χ0n) is 36.8. The fraction of sp³-hybridized carbons (Fsp3) is 0.976. The van der Waals surface area contributed by atoms with E-state index < -0.39 is 95.5 Å². The summed E-state index contributed by atoms with van der Waals surface area (Å²) >= 11 is 0. The average molecular weight is 806 g/mol. The Morgan fingerprint density at radius 1 is 1.05 bits per heavy atom. The number of esters is 1. The van der Waals surface area contributed by atoms with E-state index in [2.05, 4.69) is 10.6 Å². The first-order valence-corrected chi connectivity index (χ1v) is 20.9. The molecule has 0 aromatic carbocycles. The molecule has 330 valence electrons. The van der Waals surface area contributed by atoms with Gasteiger partial charge < -0.3 is 69.5 Å². The molecule has 0 bridgehead atoms. The van der Waals surface area contributed by atoms with E-state index in [1.54, 1.807) is 34.6 Å². The highest BCUT2D eigenvalue weighted by molar-refractivity contribution is 5.73. The molecule has 2 unspecified atom stereocenters. The van der Waals surface area contributed by atoms with Crippen LogP contribution >= 0.6 is 0 Å². The van der Waals surface area contributed by atoms with Gasteiger partial charge in [0.25, 0.3) is 0 Å². The SMILES string of the molecule is CCCNC[C@]1(O)[C@H](C)OC(O[C@H]2[C@H](C)[C@@H](O[C@@H]3O[C@H](C)C[C@H](N(C)C)[C@H]3O)[C@](C)(O)C[C@@H](C)CN[C@H](C)C([C@](C)(O)[C@@H](O)CC)OC(=O)[C@@H]2C)C[C@@]1(C)OC. The molecule has 0 spiro atoms. The Morgan fingerprint density at radius 2 is 1.70 bits per heavy atom. The number of hydrogen-bond donors (Lipinski definition) is 7. The molecule has 3 aliphatic rings. The number of rotatable bonds is 13. The van der Waals surface area contributed by atoms with Gasteiger partial charge in [-0.15, -0.1) is 0 Å². The van der Waals surface area contributed by atoms with E-state index in [9.17, 15) is 30.3 Å². The lowest BCUT2D eigenvalue weighted by molar-refractivity contribution is -0.336. The molecular formula is C41H79N3O12. The Balaban J connectivity index is 2.16. The zero-order chi connectivity index (χ0) is 42.6. The van der Waals surface area contributed by atoms with E-state index in [1.807, 2.05) is 53.6 Å². The van der Waals surface area contributed by atoms with E-state index >= 15 is 0 Å². The Labute approximate surface area is 336 Å². The summed E-state index contributed by atoms with van der Waals surface area (Å²) in [6.45, 7) is 20.9. The fourth-order valence-electron chi connectivity index (χ4n) is 9.21. The molecule has 0 radical (unpaired) electrons. The molecule has 56 heavy (non-hydrogen) atoms. The summed E-state index contributed by atoms with van der Waals surface area (Å²) in [4.78, 5) is 16.4. The van der Waals surface area contributed by atoms with Crippen LogP contribution in [0.25, 0.3) is 0 Å². The molecule has 7 N–H and O–H groups in total. The third-order valence-electron chi connectivity index (χ3n) is 13.0. The van der Waals surface area contributed by atoms with Crippen molar-refractivity contribution < 1.29 is 58.7 Å². The molecule has 0 aromatic heterocycles. The van der Waals surface area contributed by atoms with Crippen LogP contribution in [0.15, 0.2) is 0 Å². The number of nitrogens with zero attached hydrogens (tertiary/aromatic N) is 1. The highest BCUT2D eigenvalue weighted by Gasteiger charge is 2.58. The Hall–Kier alpha value is -1.05. The van der Waals surface area contributed by atoms with Gasteiger partial charge in [0.2, 0.25) is 0 Å². The van der Waals surface area contributed by atoms with E-state index in [0.717, 1.165) is 6.42 Å². The number of carbonyl (C=O) groups is 1. The third-order valence-corrected chi connectivity index (χ3v) is 13.0. The summed E-state index contributed by atoms with van der Waals surface area (Å²) in [5.41, 5.74) is -5.93. The van der Waals surface area contributed by atoms with Crippen molar-refractivity contribution in [3.63, 3.8) is 0 Å². The molecule has 3 fully saturated rings. The molecule has 0 saturated carbocycles.